The van der Waals surface area contributed by atoms with Gasteiger partial charge in [0.15, 0.2) is 6.29 Å². The van der Waals surface area contributed by atoms with Gasteiger partial charge in [-0.2, -0.15) is 5.10 Å². The van der Waals surface area contributed by atoms with E-state index in [0.717, 1.165) is 0 Å². The van der Waals surface area contributed by atoms with Gasteiger partial charge in [-0.1, -0.05) is 11.6 Å². The molecule has 1 amide bonds. The van der Waals surface area contributed by atoms with Gasteiger partial charge >= 0.3 is 0 Å². The number of benzene rings is 1. The summed E-state index contributed by atoms with van der Waals surface area (Å²) in [6, 6.07) is 5.05. The number of carbonyl (C=O) groups excluding carboxylic acids is 2. The number of ether oxygens (including phenoxy) is 1. The van der Waals surface area contributed by atoms with Crippen molar-refractivity contribution in [1.29, 1.82) is 0 Å². The molecular weight excluding hydrogens is 374 g/mol. The van der Waals surface area contributed by atoms with Crippen LogP contribution in [0.3, 0.4) is 0 Å². The van der Waals surface area contributed by atoms with Crippen LogP contribution in [0, 0.1) is 6.92 Å². The number of rotatable bonds is 6. The van der Waals surface area contributed by atoms with Gasteiger partial charge in [-0.05, 0) is 25.1 Å². The number of carbonyl (C=O) groups is 2. The van der Waals surface area contributed by atoms with Crippen LogP contribution in [-0.4, -0.2) is 27.1 Å². The Bertz CT molecular complexity index is 1030. The topological polar surface area (TPSA) is 107 Å². The van der Waals surface area contributed by atoms with E-state index in [1.807, 2.05) is 0 Å². The molecule has 0 spiro atoms. The zero-order valence-electron chi connectivity index (χ0n) is 14.5. The second kappa shape index (κ2) is 7.55. The molecule has 27 heavy (non-hydrogen) atoms. The second-order valence-corrected chi connectivity index (χ2v) is 6.11. The molecule has 9 heteroatoms. The maximum absolute atomic E-state index is 12.5. The van der Waals surface area contributed by atoms with Gasteiger partial charge in [0.1, 0.15) is 35.7 Å². The van der Waals surface area contributed by atoms with Crippen molar-refractivity contribution in [1.82, 2.24) is 15.1 Å². The third kappa shape index (κ3) is 3.65. The number of amides is 1. The fourth-order valence-electron chi connectivity index (χ4n) is 2.61. The molecule has 3 aromatic rings. The number of aliphatic hydroxyl groups is 1. The summed E-state index contributed by atoms with van der Waals surface area (Å²) in [6.45, 7) is 1.83. The molecule has 1 aromatic carbocycles. The van der Waals surface area contributed by atoms with E-state index in [9.17, 15) is 9.59 Å². The number of nitrogens with zero attached hydrogens (tertiary/aromatic N) is 2. The molecule has 0 saturated carbocycles. The van der Waals surface area contributed by atoms with Crippen LogP contribution < -0.4 is 10.1 Å². The first kappa shape index (κ1) is 18.5. The summed E-state index contributed by atoms with van der Waals surface area (Å²) < 4.78 is 13.0. The van der Waals surface area contributed by atoms with Crippen LogP contribution in [-0.2, 0) is 18.4 Å². The van der Waals surface area contributed by atoms with Crippen LogP contribution in [0.5, 0.6) is 5.75 Å². The number of furan rings is 1. The van der Waals surface area contributed by atoms with Crippen LogP contribution >= 0.6 is 11.6 Å². The molecule has 140 valence electrons. The van der Waals surface area contributed by atoms with Crippen LogP contribution in [0.2, 0.25) is 5.02 Å². The highest BCUT2D eigenvalue weighted by atomic mass is 35.5. The number of aryl methyl sites for hydroxylation is 2. The van der Waals surface area contributed by atoms with E-state index in [2.05, 4.69) is 10.4 Å². The SMILES string of the molecule is Cc1oc2ccc(OCc3c(Cl)cnn3C)cc2c1C(=O)N/C(C=O)=C/O. The van der Waals surface area contributed by atoms with Crippen LogP contribution in [0.4, 0.5) is 0 Å². The average molecular weight is 390 g/mol. The van der Waals surface area contributed by atoms with Gasteiger partial charge in [0.2, 0.25) is 0 Å². The molecule has 0 aliphatic carbocycles. The highest BCUT2D eigenvalue weighted by molar-refractivity contribution is 6.31. The summed E-state index contributed by atoms with van der Waals surface area (Å²) in [7, 11) is 1.76. The second-order valence-electron chi connectivity index (χ2n) is 5.70. The van der Waals surface area contributed by atoms with Crippen molar-refractivity contribution in [2.24, 2.45) is 7.05 Å². The van der Waals surface area contributed by atoms with E-state index in [-0.39, 0.29) is 17.9 Å². The van der Waals surface area contributed by atoms with E-state index in [1.54, 1.807) is 36.9 Å². The zero-order chi connectivity index (χ0) is 19.6. The Balaban J connectivity index is 1.90. The van der Waals surface area contributed by atoms with Gasteiger partial charge < -0.3 is 19.6 Å². The van der Waals surface area contributed by atoms with Crippen molar-refractivity contribution in [3.63, 3.8) is 0 Å². The van der Waals surface area contributed by atoms with Crippen molar-refractivity contribution in [2.75, 3.05) is 0 Å². The van der Waals surface area contributed by atoms with E-state index in [0.29, 0.717) is 45.7 Å². The Morgan fingerprint density at radius 1 is 1.48 bits per heavy atom. The number of allylic oxidation sites excluding steroid dienone is 1. The molecule has 0 unspecified atom stereocenters. The largest absolute Gasteiger partial charge is 0.513 e. The number of nitrogens with one attached hydrogen (secondary N) is 1. The summed E-state index contributed by atoms with van der Waals surface area (Å²) in [5, 5.41) is 16.3. The van der Waals surface area contributed by atoms with Gasteiger partial charge in [0.25, 0.3) is 5.91 Å². The Kier molecular flexibility index (Phi) is 5.18. The molecule has 0 bridgehead atoms. The lowest BCUT2D eigenvalue weighted by Crippen LogP contribution is -2.24. The minimum absolute atomic E-state index is 0.196. The standard InChI is InChI=1S/C18H16ClN3O5/c1-10-17(18(25)21-11(7-23)8-24)13-5-12(3-4-16(13)27-10)26-9-15-14(19)6-20-22(15)2/h3-8,23H,9H2,1-2H3,(H,21,25)/b11-7+. The third-order valence-electron chi connectivity index (χ3n) is 3.97. The van der Waals surface area contributed by atoms with Crippen LogP contribution in [0.25, 0.3) is 11.0 Å². The molecule has 0 aliphatic rings. The lowest BCUT2D eigenvalue weighted by molar-refractivity contribution is -0.105. The number of fused-ring (bicyclic) bond motifs is 1. The van der Waals surface area contributed by atoms with Gasteiger partial charge in [-0.25, -0.2) is 0 Å². The molecule has 0 aliphatic heterocycles. The fraction of sp³-hybridized carbons (Fsp3) is 0.167. The summed E-state index contributed by atoms with van der Waals surface area (Å²) in [5.74, 6) is 0.297. The molecule has 2 aromatic heterocycles. The van der Waals surface area contributed by atoms with Gasteiger partial charge in [-0.15, -0.1) is 0 Å². The lowest BCUT2D eigenvalue weighted by atomic mass is 10.1. The van der Waals surface area contributed by atoms with Crippen molar-refractivity contribution < 1.29 is 23.8 Å². The molecule has 0 saturated heterocycles. The number of aromatic nitrogens is 2. The quantitative estimate of drug-likeness (QED) is 0.381. The van der Waals surface area contributed by atoms with E-state index < -0.39 is 5.91 Å². The van der Waals surface area contributed by atoms with Gasteiger partial charge in [0, 0.05) is 12.4 Å². The molecule has 2 heterocycles. The molecule has 0 radical (unpaired) electrons. The van der Waals surface area contributed by atoms with Crippen molar-refractivity contribution >= 4 is 34.8 Å². The van der Waals surface area contributed by atoms with Crippen molar-refractivity contribution in [3.8, 4) is 5.75 Å². The molecule has 0 fully saturated rings. The van der Waals surface area contributed by atoms with Crippen LogP contribution in [0.15, 0.2) is 40.8 Å². The molecule has 3 rings (SSSR count). The molecule has 8 nitrogen and oxygen atoms in total. The Hall–Kier alpha value is -3.26. The fourth-order valence-corrected chi connectivity index (χ4v) is 2.83. The number of halogens is 1. The number of aliphatic hydroxyl groups excluding tert-OH is 1. The van der Waals surface area contributed by atoms with E-state index >= 15 is 0 Å². The summed E-state index contributed by atoms with van der Waals surface area (Å²) in [5.41, 5.74) is 1.19. The lowest BCUT2D eigenvalue weighted by Gasteiger charge is -2.08. The number of aldehydes is 1. The predicted molar refractivity (Wildman–Crippen MR) is 97.7 cm³/mol. The monoisotopic (exact) mass is 389 g/mol. The minimum Gasteiger partial charge on any atom is -0.513 e. The number of hydrogen-bond donors (Lipinski definition) is 2. The Morgan fingerprint density at radius 2 is 2.26 bits per heavy atom. The normalized spacial score (nSPS) is 11.6. The predicted octanol–water partition coefficient (Wildman–Crippen LogP) is 3.04. The van der Waals surface area contributed by atoms with E-state index in [1.165, 1.54) is 6.20 Å². The Morgan fingerprint density at radius 3 is 2.89 bits per heavy atom. The molecule has 2 N–H and O–H groups in total. The van der Waals surface area contributed by atoms with E-state index in [4.69, 9.17) is 25.9 Å². The summed E-state index contributed by atoms with van der Waals surface area (Å²) in [4.78, 5) is 23.3. The highest BCUT2D eigenvalue weighted by Crippen LogP contribution is 2.30. The van der Waals surface area contributed by atoms with Crippen molar-refractivity contribution in [3.05, 3.63) is 58.4 Å². The van der Waals surface area contributed by atoms with Crippen LogP contribution in [0.1, 0.15) is 21.8 Å². The van der Waals surface area contributed by atoms with Gasteiger partial charge in [-0.3, -0.25) is 14.3 Å². The first-order chi connectivity index (χ1) is 12.9. The first-order valence-electron chi connectivity index (χ1n) is 7.87. The smallest absolute Gasteiger partial charge is 0.260 e. The zero-order valence-corrected chi connectivity index (χ0v) is 15.3. The molecule has 0 atom stereocenters. The van der Waals surface area contributed by atoms with Gasteiger partial charge in [0.05, 0.1) is 22.5 Å². The Labute approximate surface area is 159 Å². The maximum Gasteiger partial charge on any atom is 0.260 e. The maximum atomic E-state index is 12.5. The number of hydrogen-bond acceptors (Lipinski definition) is 6. The average Bonchev–Trinajstić information content (AvgIpc) is 3.15. The molecular formula is C18H16ClN3O5. The summed E-state index contributed by atoms with van der Waals surface area (Å²) >= 11 is 6.07. The minimum atomic E-state index is -0.578. The third-order valence-corrected chi connectivity index (χ3v) is 4.29. The summed E-state index contributed by atoms with van der Waals surface area (Å²) in [6.07, 6.45) is 2.39. The van der Waals surface area contributed by atoms with Crippen molar-refractivity contribution in [2.45, 2.75) is 13.5 Å². The highest BCUT2D eigenvalue weighted by Gasteiger charge is 2.20. The first-order valence-corrected chi connectivity index (χ1v) is 8.25.